The summed E-state index contributed by atoms with van der Waals surface area (Å²) in [6.45, 7) is 5.76. The van der Waals surface area contributed by atoms with Crippen molar-refractivity contribution in [3.8, 4) is 0 Å². The van der Waals surface area contributed by atoms with E-state index in [9.17, 15) is 19.1 Å². The predicted octanol–water partition coefficient (Wildman–Crippen LogP) is 2.60. The van der Waals surface area contributed by atoms with Crippen LogP contribution in [-0.4, -0.2) is 95.5 Å². The van der Waals surface area contributed by atoms with E-state index in [4.69, 9.17) is 0 Å². The maximum absolute atomic E-state index is 13.3. The lowest BCUT2D eigenvalue weighted by atomic mass is 9.66. The quantitative estimate of drug-likeness (QED) is 0.536. The number of amides is 1. The highest BCUT2D eigenvalue weighted by molar-refractivity contribution is 5.49. The van der Waals surface area contributed by atoms with Crippen molar-refractivity contribution in [1.82, 2.24) is 24.7 Å². The molecular formula is C31H45FN6O3. The van der Waals surface area contributed by atoms with Gasteiger partial charge in [-0.2, -0.15) is 0 Å². The number of anilines is 1. The molecular weight excluding hydrogens is 523 g/mol. The van der Waals surface area contributed by atoms with E-state index in [1.54, 1.807) is 10.9 Å². The number of likely N-dealkylation sites (tertiary alicyclic amines) is 1. The lowest BCUT2D eigenvalue weighted by Crippen LogP contribution is -2.60. The van der Waals surface area contributed by atoms with E-state index in [0.717, 1.165) is 64.8 Å². The molecule has 10 heteroatoms. The van der Waals surface area contributed by atoms with Crippen LogP contribution in [0.25, 0.3) is 0 Å². The third-order valence-corrected chi connectivity index (χ3v) is 9.68. The number of piperidine rings is 2. The summed E-state index contributed by atoms with van der Waals surface area (Å²) in [5, 5.41) is 14.9. The number of nitrogens with one attached hydrogen (secondary N) is 1. The molecule has 2 atom stereocenters. The van der Waals surface area contributed by atoms with Gasteiger partial charge < -0.3 is 25.1 Å². The summed E-state index contributed by atoms with van der Waals surface area (Å²) in [4.78, 5) is 34.2. The van der Waals surface area contributed by atoms with Crippen molar-refractivity contribution >= 4 is 12.2 Å². The molecule has 0 radical (unpaired) electrons. The summed E-state index contributed by atoms with van der Waals surface area (Å²) in [5.74, 6) is 0.620. The highest BCUT2D eigenvalue weighted by Gasteiger charge is 2.54. The number of hydrogen-bond donors (Lipinski definition) is 2. The van der Waals surface area contributed by atoms with E-state index in [1.165, 1.54) is 11.6 Å². The number of rotatable bonds is 5. The summed E-state index contributed by atoms with van der Waals surface area (Å²) in [7, 11) is 2.11. The Morgan fingerprint density at radius 2 is 1.83 bits per heavy atom. The molecule has 9 nitrogen and oxygen atoms in total. The molecule has 1 aromatic carbocycles. The van der Waals surface area contributed by atoms with Crippen LogP contribution in [-0.2, 0) is 11.3 Å². The molecule has 3 aliphatic heterocycles. The Morgan fingerprint density at radius 1 is 1.10 bits per heavy atom. The lowest BCUT2D eigenvalue weighted by Gasteiger charge is -2.51. The molecule has 1 amide bonds. The molecule has 41 heavy (non-hydrogen) atoms. The first-order valence-electron chi connectivity index (χ1n) is 15.2. The van der Waals surface area contributed by atoms with Crippen LogP contribution >= 0.6 is 0 Å². The van der Waals surface area contributed by atoms with Gasteiger partial charge >= 0.3 is 0 Å². The van der Waals surface area contributed by atoms with E-state index in [1.807, 2.05) is 28.0 Å². The molecule has 3 saturated heterocycles. The van der Waals surface area contributed by atoms with Crippen LogP contribution in [0.4, 0.5) is 10.2 Å². The van der Waals surface area contributed by atoms with Gasteiger partial charge in [-0.25, -0.2) is 9.37 Å². The molecule has 224 valence electrons. The van der Waals surface area contributed by atoms with E-state index in [2.05, 4.69) is 34.4 Å². The minimum atomic E-state index is -0.865. The summed E-state index contributed by atoms with van der Waals surface area (Å²) >= 11 is 0. The van der Waals surface area contributed by atoms with Crippen molar-refractivity contribution < 1.29 is 14.3 Å². The number of halogens is 1. The van der Waals surface area contributed by atoms with Crippen LogP contribution in [0, 0.1) is 5.41 Å². The number of alkyl halides is 1. The topological polar surface area (TPSA) is 93.9 Å². The smallest absolute Gasteiger partial charge is 0.255 e. The number of aromatic nitrogens is 2. The highest BCUT2D eigenvalue weighted by Crippen LogP contribution is 2.51. The van der Waals surface area contributed by atoms with Crippen LogP contribution < -0.4 is 15.8 Å². The summed E-state index contributed by atoms with van der Waals surface area (Å²) < 4.78 is 14.9. The molecule has 0 bridgehead atoms. The average Bonchev–Trinajstić information content (AvgIpc) is 3.47. The normalized spacial score (nSPS) is 27.0. The maximum atomic E-state index is 13.3. The summed E-state index contributed by atoms with van der Waals surface area (Å²) in [6, 6.07) is 11.9. The summed E-state index contributed by atoms with van der Waals surface area (Å²) in [6.07, 6.45) is 7.75. The number of piperazine rings is 1. The Labute approximate surface area is 242 Å². The van der Waals surface area contributed by atoms with Crippen LogP contribution in [0.2, 0.25) is 0 Å². The number of aliphatic hydroxyl groups is 1. The molecule has 2 aromatic rings. The number of hydrogen-bond acceptors (Lipinski definition) is 7. The zero-order valence-corrected chi connectivity index (χ0v) is 24.3. The van der Waals surface area contributed by atoms with Crippen LogP contribution in [0.3, 0.4) is 0 Å². The number of carbonyl (C=O) groups is 1. The van der Waals surface area contributed by atoms with Gasteiger partial charge in [-0.15, -0.1) is 0 Å². The molecule has 2 N–H and O–H groups in total. The standard InChI is InChI=1S/C20H31FN4O2.C11H14N2O/c1-23-11-8-20(27,19(13-23)6-2-3-7-19)14-25-15-22-17(12-18(25)26)24-9-4-16(21)5-10-24;14-9-13-7-6-12-8-11(13)10-4-2-1-3-5-10/h12,15-16,27H,2-11,13-14H2,1H3;1-5,9,11-12H,6-8H2. The minimum absolute atomic E-state index is 0.124. The van der Waals surface area contributed by atoms with Gasteiger partial charge in [-0.3, -0.25) is 14.2 Å². The zero-order valence-electron chi connectivity index (χ0n) is 24.3. The van der Waals surface area contributed by atoms with Gasteiger partial charge in [0.05, 0.1) is 24.5 Å². The van der Waals surface area contributed by atoms with Gasteiger partial charge in [-0.05, 0) is 44.7 Å². The first kappa shape index (κ1) is 29.7. The van der Waals surface area contributed by atoms with Crippen LogP contribution in [0.1, 0.15) is 56.6 Å². The maximum Gasteiger partial charge on any atom is 0.255 e. The molecule has 2 unspecified atom stereocenters. The number of benzene rings is 1. The van der Waals surface area contributed by atoms with Crippen molar-refractivity contribution in [3.05, 3.63) is 58.6 Å². The fourth-order valence-electron chi connectivity index (χ4n) is 7.20. The lowest BCUT2D eigenvalue weighted by molar-refractivity contribution is -0.139. The van der Waals surface area contributed by atoms with Gasteiger partial charge in [0.25, 0.3) is 5.56 Å². The molecule has 1 saturated carbocycles. The van der Waals surface area contributed by atoms with Crippen molar-refractivity contribution in [2.75, 3.05) is 57.8 Å². The first-order valence-corrected chi connectivity index (χ1v) is 15.2. The fraction of sp³-hybridized carbons (Fsp3) is 0.645. The Kier molecular flexibility index (Phi) is 9.41. The summed E-state index contributed by atoms with van der Waals surface area (Å²) in [5.41, 5.74) is 0.0752. The highest BCUT2D eigenvalue weighted by atomic mass is 19.1. The van der Waals surface area contributed by atoms with Gasteiger partial charge in [-0.1, -0.05) is 43.2 Å². The Balaban J connectivity index is 0.000000202. The van der Waals surface area contributed by atoms with E-state index in [0.29, 0.717) is 44.7 Å². The van der Waals surface area contributed by atoms with Crippen molar-refractivity contribution in [1.29, 1.82) is 0 Å². The molecule has 1 aromatic heterocycles. The van der Waals surface area contributed by atoms with Crippen molar-refractivity contribution in [3.63, 3.8) is 0 Å². The van der Waals surface area contributed by atoms with E-state index in [-0.39, 0.29) is 17.0 Å². The molecule has 4 fully saturated rings. The second-order valence-electron chi connectivity index (χ2n) is 12.4. The van der Waals surface area contributed by atoms with Gasteiger partial charge in [0.15, 0.2) is 0 Å². The fourth-order valence-corrected chi connectivity index (χ4v) is 7.20. The molecule has 1 aliphatic carbocycles. The van der Waals surface area contributed by atoms with Crippen molar-refractivity contribution in [2.24, 2.45) is 5.41 Å². The number of carbonyl (C=O) groups excluding carboxylic acids is 1. The van der Waals surface area contributed by atoms with Gasteiger partial charge in [0, 0.05) is 57.3 Å². The minimum Gasteiger partial charge on any atom is -0.387 e. The second-order valence-corrected chi connectivity index (χ2v) is 12.4. The predicted molar refractivity (Wildman–Crippen MR) is 158 cm³/mol. The van der Waals surface area contributed by atoms with Gasteiger partial charge in [0.2, 0.25) is 6.41 Å². The zero-order chi connectivity index (χ0) is 28.9. The monoisotopic (exact) mass is 568 g/mol. The van der Waals surface area contributed by atoms with Gasteiger partial charge in [0.1, 0.15) is 12.0 Å². The second kappa shape index (κ2) is 13.0. The SMILES string of the molecule is CN1CCC(O)(Cn2cnc(N3CCC(F)CC3)cc2=O)C2(CCCC2)C1.O=CN1CCNCC1c1ccccc1. The van der Waals surface area contributed by atoms with Crippen LogP contribution in [0.15, 0.2) is 47.5 Å². The van der Waals surface area contributed by atoms with E-state index < -0.39 is 11.8 Å². The Bertz CT molecular complexity index is 1200. The van der Waals surface area contributed by atoms with Crippen molar-refractivity contribution in [2.45, 2.75) is 69.3 Å². The molecule has 1 spiro atoms. The number of nitrogens with zero attached hydrogens (tertiary/aromatic N) is 5. The van der Waals surface area contributed by atoms with E-state index >= 15 is 0 Å². The average molecular weight is 569 g/mol. The molecule has 4 aliphatic rings. The Hall–Kier alpha value is -2.82. The third kappa shape index (κ3) is 6.65. The Morgan fingerprint density at radius 3 is 2.51 bits per heavy atom. The molecule has 6 rings (SSSR count). The first-order chi connectivity index (χ1) is 19.8. The largest absolute Gasteiger partial charge is 0.387 e. The third-order valence-electron chi connectivity index (χ3n) is 9.68. The molecule has 4 heterocycles. The van der Waals surface area contributed by atoms with Crippen LogP contribution in [0.5, 0.6) is 0 Å².